The number of nitrogens with zero attached hydrogens (tertiary/aromatic N) is 2. The van der Waals surface area contributed by atoms with E-state index in [0.29, 0.717) is 12.1 Å². The molecule has 5 heteroatoms. The fraction of sp³-hybridized carbons (Fsp3) is 0.105. The molecule has 5 nitrogen and oxygen atoms in total. The quantitative estimate of drug-likeness (QED) is 0.802. The van der Waals surface area contributed by atoms with E-state index in [2.05, 4.69) is 4.98 Å². The lowest BCUT2D eigenvalue weighted by Gasteiger charge is -2.08. The third kappa shape index (κ3) is 3.25. The van der Waals surface area contributed by atoms with Gasteiger partial charge in [0.1, 0.15) is 0 Å². The number of carboxylic acids is 1. The van der Waals surface area contributed by atoms with Crippen LogP contribution in [-0.2, 0) is 6.54 Å². The molecule has 0 aliphatic heterocycles. The number of rotatable bonds is 4. The van der Waals surface area contributed by atoms with Crippen molar-refractivity contribution in [1.29, 1.82) is 0 Å². The number of benzene rings is 1. The highest BCUT2D eigenvalue weighted by Gasteiger charge is 2.11. The van der Waals surface area contributed by atoms with E-state index in [1.165, 1.54) is 6.07 Å². The molecule has 2 aromatic heterocycles. The van der Waals surface area contributed by atoms with E-state index in [-0.39, 0.29) is 11.1 Å². The molecule has 24 heavy (non-hydrogen) atoms. The molecule has 3 rings (SSSR count). The number of pyridine rings is 2. The summed E-state index contributed by atoms with van der Waals surface area (Å²) >= 11 is 0. The van der Waals surface area contributed by atoms with Crippen LogP contribution in [-0.4, -0.2) is 20.6 Å². The molecule has 0 saturated heterocycles. The lowest BCUT2D eigenvalue weighted by atomic mass is 10.0. The van der Waals surface area contributed by atoms with E-state index < -0.39 is 5.97 Å². The zero-order chi connectivity index (χ0) is 17.1. The molecule has 0 spiro atoms. The maximum Gasteiger partial charge on any atom is 0.336 e. The maximum atomic E-state index is 11.9. The molecular weight excluding hydrogens is 304 g/mol. The van der Waals surface area contributed by atoms with Crippen molar-refractivity contribution in [3.8, 4) is 11.1 Å². The molecule has 0 fully saturated rings. The summed E-state index contributed by atoms with van der Waals surface area (Å²) in [5.74, 6) is -0.971. The molecule has 1 aromatic carbocycles. The summed E-state index contributed by atoms with van der Waals surface area (Å²) in [6, 6.07) is 13.8. The summed E-state index contributed by atoms with van der Waals surface area (Å²) in [7, 11) is 0. The first-order valence-electron chi connectivity index (χ1n) is 7.49. The zero-order valence-electron chi connectivity index (χ0n) is 13.1. The Hall–Kier alpha value is -3.21. The van der Waals surface area contributed by atoms with Gasteiger partial charge in [-0.25, -0.2) is 4.79 Å². The summed E-state index contributed by atoms with van der Waals surface area (Å²) in [5, 5.41) is 9.27. The fourth-order valence-corrected chi connectivity index (χ4v) is 2.55. The smallest absolute Gasteiger partial charge is 0.336 e. The molecule has 0 bridgehead atoms. The van der Waals surface area contributed by atoms with Crippen LogP contribution < -0.4 is 5.56 Å². The Labute approximate surface area is 138 Å². The first kappa shape index (κ1) is 15.7. The normalized spacial score (nSPS) is 10.5. The molecule has 0 amide bonds. The Morgan fingerprint density at radius 2 is 1.92 bits per heavy atom. The van der Waals surface area contributed by atoms with E-state index in [4.69, 9.17) is 0 Å². The van der Waals surface area contributed by atoms with Crippen LogP contribution in [0.5, 0.6) is 0 Å². The van der Waals surface area contributed by atoms with E-state index >= 15 is 0 Å². The number of hydrogen-bond acceptors (Lipinski definition) is 3. The lowest BCUT2D eigenvalue weighted by molar-refractivity contribution is 0.0697. The Morgan fingerprint density at radius 3 is 2.62 bits per heavy atom. The van der Waals surface area contributed by atoms with Gasteiger partial charge in [0.05, 0.1) is 17.8 Å². The topological polar surface area (TPSA) is 72.2 Å². The minimum absolute atomic E-state index is 0.0808. The van der Waals surface area contributed by atoms with Gasteiger partial charge >= 0.3 is 5.97 Å². The largest absolute Gasteiger partial charge is 0.478 e. The van der Waals surface area contributed by atoms with Crippen molar-refractivity contribution in [2.45, 2.75) is 13.5 Å². The van der Waals surface area contributed by atoms with Gasteiger partial charge in [0, 0.05) is 24.0 Å². The van der Waals surface area contributed by atoms with Crippen molar-refractivity contribution >= 4 is 5.97 Å². The minimum Gasteiger partial charge on any atom is -0.478 e. The highest BCUT2D eigenvalue weighted by atomic mass is 16.4. The van der Waals surface area contributed by atoms with Crippen LogP contribution in [0.15, 0.2) is 65.7 Å². The van der Waals surface area contributed by atoms with Gasteiger partial charge in [0.25, 0.3) is 5.56 Å². The molecule has 3 aromatic rings. The molecule has 0 aliphatic carbocycles. The standard InChI is InChI=1S/C19H16N2O3/c1-13-6-9-18(22)21(11-13)12-15-8-7-14(10-20-15)16-4-2-3-5-17(16)19(23)24/h2-11H,12H2,1H3,(H,23,24). The van der Waals surface area contributed by atoms with Crippen molar-refractivity contribution in [3.05, 3.63) is 88.1 Å². The monoisotopic (exact) mass is 320 g/mol. The van der Waals surface area contributed by atoms with Crippen LogP contribution in [0.3, 0.4) is 0 Å². The Kier molecular flexibility index (Phi) is 4.24. The average Bonchev–Trinajstić information content (AvgIpc) is 2.59. The van der Waals surface area contributed by atoms with Crippen LogP contribution in [0.1, 0.15) is 21.6 Å². The maximum absolute atomic E-state index is 11.9. The molecule has 2 heterocycles. The van der Waals surface area contributed by atoms with E-state index in [9.17, 15) is 14.7 Å². The Morgan fingerprint density at radius 1 is 1.12 bits per heavy atom. The van der Waals surface area contributed by atoms with Crippen LogP contribution in [0.25, 0.3) is 11.1 Å². The van der Waals surface area contributed by atoms with Crippen LogP contribution in [0.2, 0.25) is 0 Å². The van der Waals surface area contributed by atoms with Crippen LogP contribution in [0.4, 0.5) is 0 Å². The lowest BCUT2D eigenvalue weighted by Crippen LogP contribution is -2.19. The Balaban J connectivity index is 1.90. The molecule has 0 saturated carbocycles. The summed E-state index contributed by atoms with van der Waals surface area (Å²) in [4.78, 5) is 27.5. The first-order chi connectivity index (χ1) is 11.5. The number of carboxylic acid groups (broad SMARTS) is 1. The Bertz CT molecular complexity index is 943. The molecular formula is C19H16N2O3. The predicted molar refractivity (Wildman–Crippen MR) is 91.2 cm³/mol. The molecule has 0 aliphatic rings. The summed E-state index contributed by atoms with van der Waals surface area (Å²) in [6.45, 7) is 2.30. The minimum atomic E-state index is -0.971. The second-order valence-electron chi connectivity index (χ2n) is 5.56. The highest BCUT2D eigenvalue weighted by Crippen LogP contribution is 2.23. The third-order valence-electron chi connectivity index (χ3n) is 3.76. The van der Waals surface area contributed by atoms with E-state index in [0.717, 1.165) is 16.8 Å². The second kappa shape index (κ2) is 6.50. The SMILES string of the molecule is Cc1ccc(=O)n(Cc2ccc(-c3ccccc3C(=O)O)cn2)c1. The van der Waals surface area contributed by atoms with Crippen molar-refractivity contribution in [3.63, 3.8) is 0 Å². The summed E-state index contributed by atoms with van der Waals surface area (Å²) < 4.78 is 1.60. The number of aromatic nitrogens is 2. The van der Waals surface area contributed by atoms with Gasteiger partial charge in [-0.3, -0.25) is 9.78 Å². The number of carbonyl (C=O) groups is 1. The van der Waals surface area contributed by atoms with Gasteiger partial charge in [0.15, 0.2) is 0 Å². The molecule has 120 valence electrons. The zero-order valence-corrected chi connectivity index (χ0v) is 13.1. The van der Waals surface area contributed by atoms with Crippen LogP contribution in [0, 0.1) is 6.92 Å². The molecule has 0 radical (unpaired) electrons. The predicted octanol–water partition coefficient (Wildman–Crippen LogP) is 2.97. The van der Waals surface area contributed by atoms with Crippen molar-refractivity contribution in [2.24, 2.45) is 0 Å². The molecule has 0 atom stereocenters. The van der Waals surface area contributed by atoms with Gasteiger partial charge in [0.2, 0.25) is 0 Å². The van der Waals surface area contributed by atoms with Gasteiger partial charge in [-0.2, -0.15) is 0 Å². The van der Waals surface area contributed by atoms with E-state index in [1.54, 1.807) is 47.3 Å². The van der Waals surface area contributed by atoms with Crippen molar-refractivity contribution in [2.75, 3.05) is 0 Å². The summed E-state index contributed by atoms with van der Waals surface area (Å²) in [6.07, 6.45) is 3.43. The molecule has 1 N–H and O–H groups in total. The van der Waals surface area contributed by atoms with Crippen molar-refractivity contribution < 1.29 is 9.90 Å². The van der Waals surface area contributed by atoms with Crippen molar-refractivity contribution in [1.82, 2.24) is 9.55 Å². The molecule has 0 unspecified atom stereocenters. The van der Waals surface area contributed by atoms with E-state index in [1.807, 2.05) is 19.1 Å². The van der Waals surface area contributed by atoms with Crippen LogP contribution >= 0.6 is 0 Å². The number of hydrogen-bond donors (Lipinski definition) is 1. The van der Waals surface area contributed by atoms with Gasteiger partial charge in [-0.15, -0.1) is 0 Å². The fourth-order valence-electron chi connectivity index (χ4n) is 2.55. The first-order valence-corrected chi connectivity index (χ1v) is 7.49. The number of aromatic carboxylic acids is 1. The average molecular weight is 320 g/mol. The third-order valence-corrected chi connectivity index (χ3v) is 3.76. The van der Waals surface area contributed by atoms with Gasteiger partial charge < -0.3 is 9.67 Å². The van der Waals surface area contributed by atoms with Gasteiger partial charge in [-0.05, 0) is 30.2 Å². The number of aryl methyl sites for hydroxylation is 1. The second-order valence-corrected chi connectivity index (χ2v) is 5.56. The van der Waals surface area contributed by atoms with Gasteiger partial charge in [-0.1, -0.05) is 30.3 Å². The summed E-state index contributed by atoms with van der Waals surface area (Å²) in [5.41, 5.74) is 3.25. The highest BCUT2D eigenvalue weighted by molar-refractivity contribution is 5.95.